The van der Waals surface area contributed by atoms with Crippen molar-refractivity contribution in [3.05, 3.63) is 15.8 Å². The van der Waals surface area contributed by atoms with Gasteiger partial charge in [-0.3, -0.25) is 0 Å². The molecule has 0 fully saturated rings. The van der Waals surface area contributed by atoms with Crippen LogP contribution in [0.5, 0.6) is 0 Å². The van der Waals surface area contributed by atoms with E-state index in [-0.39, 0.29) is 0 Å². The van der Waals surface area contributed by atoms with Crippen molar-refractivity contribution in [2.75, 3.05) is 33.7 Å². The number of halogens is 1. The van der Waals surface area contributed by atoms with Crippen LogP contribution in [-0.2, 0) is 15.9 Å². The molecular weight excluding hydrogens is 316 g/mol. The monoisotopic (exact) mass is 338 g/mol. The summed E-state index contributed by atoms with van der Waals surface area (Å²) >= 11 is 7.25. The molecule has 1 heterocycles. The Morgan fingerprint density at radius 1 is 1.25 bits per heavy atom. The van der Waals surface area contributed by atoms with E-state index in [1.165, 1.54) is 11.3 Å². The van der Waals surface area contributed by atoms with Crippen LogP contribution >= 0.6 is 22.9 Å². The van der Waals surface area contributed by atoms with Gasteiger partial charge in [-0.05, 0) is 33.5 Å². The average Bonchev–Trinajstić information content (AvgIpc) is 2.76. The molecule has 0 amide bonds. The number of rotatable bonds is 8. The third-order valence-corrected chi connectivity index (χ3v) is 6.59. The summed E-state index contributed by atoms with van der Waals surface area (Å²) in [5.41, 5.74) is 0. The standard InChI is InChI=1S/C13H23ClN2O2S2/c1-5-6-16(8-7-15(3)4)20(17,18)13-9-12(10-14)19-11(13)2/h9H,5-8,10H2,1-4H3. The lowest BCUT2D eigenvalue weighted by atomic mass is 10.4. The molecule has 0 bridgehead atoms. The normalized spacial score (nSPS) is 12.6. The van der Waals surface area contributed by atoms with Crippen LogP contribution in [-0.4, -0.2) is 51.4 Å². The highest BCUT2D eigenvalue weighted by atomic mass is 35.5. The van der Waals surface area contributed by atoms with E-state index in [0.29, 0.717) is 30.4 Å². The summed E-state index contributed by atoms with van der Waals surface area (Å²) in [5, 5.41) is 0. The van der Waals surface area contributed by atoms with E-state index >= 15 is 0 Å². The quantitative estimate of drug-likeness (QED) is 0.684. The minimum atomic E-state index is -3.42. The zero-order chi connectivity index (χ0) is 15.3. The molecule has 7 heteroatoms. The van der Waals surface area contributed by atoms with Crippen molar-refractivity contribution in [1.82, 2.24) is 9.21 Å². The van der Waals surface area contributed by atoms with Crippen molar-refractivity contribution in [1.29, 1.82) is 0 Å². The maximum atomic E-state index is 12.8. The van der Waals surface area contributed by atoms with E-state index in [0.717, 1.165) is 16.2 Å². The number of thiophene rings is 1. The largest absolute Gasteiger partial charge is 0.308 e. The van der Waals surface area contributed by atoms with Crippen LogP contribution in [0.25, 0.3) is 0 Å². The molecule has 0 spiro atoms. The number of sulfonamides is 1. The maximum absolute atomic E-state index is 12.8. The van der Waals surface area contributed by atoms with E-state index in [9.17, 15) is 8.42 Å². The Kier molecular flexibility index (Phi) is 6.94. The van der Waals surface area contributed by atoms with Gasteiger partial charge in [-0.2, -0.15) is 4.31 Å². The summed E-state index contributed by atoms with van der Waals surface area (Å²) in [6, 6.07) is 1.71. The first kappa shape index (κ1) is 17.9. The topological polar surface area (TPSA) is 40.6 Å². The second-order valence-electron chi connectivity index (χ2n) is 4.97. The number of nitrogens with zero attached hydrogens (tertiary/aromatic N) is 2. The van der Waals surface area contributed by atoms with Gasteiger partial charge >= 0.3 is 0 Å². The number of alkyl halides is 1. The molecule has 4 nitrogen and oxygen atoms in total. The zero-order valence-electron chi connectivity index (χ0n) is 12.5. The highest BCUT2D eigenvalue weighted by Gasteiger charge is 2.27. The minimum Gasteiger partial charge on any atom is -0.308 e. The SMILES string of the molecule is CCCN(CCN(C)C)S(=O)(=O)c1cc(CCl)sc1C. The predicted molar refractivity (Wildman–Crippen MR) is 86.2 cm³/mol. The average molecular weight is 339 g/mol. The summed E-state index contributed by atoms with van der Waals surface area (Å²) in [6.45, 7) is 5.59. The second kappa shape index (κ2) is 7.75. The summed E-state index contributed by atoms with van der Waals surface area (Å²) in [4.78, 5) is 4.10. The molecule has 0 atom stereocenters. The third kappa shape index (κ3) is 4.43. The summed E-state index contributed by atoms with van der Waals surface area (Å²) in [6.07, 6.45) is 0.804. The van der Waals surface area contributed by atoms with Crippen LogP contribution in [0.15, 0.2) is 11.0 Å². The smallest absolute Gasteiger partial charge is 0.244 e. The molecule has 0 aromatic carbocycles. The Bertz CT molecular complexity index is 526. The molecule has 0 N–H and O–H groups in total. The van der Waals surface area contributed by atoms with Crippen molar-refractivity contribution in [2.24, 2.45) is 0 Å². The van der Waals surface area contributed by atoms with E-state index < -0.39 is 10.0 Å². The van der Waals surface area contributed by atoms with Crippen LogP contribution < -0.4 is 0 Å². The van der Waals surface area contributed by atoms with Gasteiger partial charge in [-0.1, -0.05) is 6.92 Å². The van der Waals surface area contributed by atoms with Crippen LogP contribution in [0.1, 0.15) is 23.1 Å². The van der Waals surface area contributed by atoms with Gasteiger partial charge in [-0.15, -0.1) is 22.9 Å². The van der Waals surface area contributed by atoms with E-state index in [2.05, 4.69) is 0 Å². The molecule has 1 aromatic rings. The Hall–Kier alpha value is -0.140. The van der Waals surface area contributed by atoms with Gasteiger partial charge in [0.15, 0.2) is 0 Å². The first-order valence-electron chi connectivity index (χ1n) is 6.63. The van der Waals surface area contributed by atoms with E-state index in [4.69, 9.17) is 11.6 Å². The van der Waals surface area contributed by atoms with Gasteiger partial charge in [-0.25, -0.2) is 8.42 Å². The van der Waals surface area contributed by atoms with Gasteiger partial charge in [0, 0.05) is 29.4 Å². The lowest BCUT2D eigenvalue weighted by Gasteiger charge is -2.23. The van der Waals surface area contributed by atoms with Crippen LogP contribution in [0, 0.1) is 6.92 Å². The van der Waals surface area contributed by atoms with Crippen molar-refractivity contribution < 1.29 is 8.42 Å². The Morgan fingerprint density at radius 3 is 2.35 bits per heavy atom. The Labute approximate surface area is 131 Å². The van der Waals surface area contributed by atoms with Crippen LogP contribution in [0.4, 0.5) is 0 Å². The lowest BCUT2D eigenvalue weighted by molar-refractivity contribution is 0.333. The molecule has 20 heavy (non-hydrogen) atoms. The maximum Gasteiger partial charge on any atom is 0.244 e. The molecule has 0 aliphatic heterocycles. The first-order chi connectivity index (χ1) is 9.32. The lowest BCUT2D eigenvalue weighted by Crippen LogP contribution is -2.37. The summed E-state index contributed by atoms with van der Waals surface area (Å²) in [7, 11) is 0.465. The minimum absolute atomic E-state index is 0.354. The molecular formula is C13H23ClN2O2S2. The highest BCUT2D eigenvalue weighted by Crippen LogP contribution is 2.29. The molecule has 0 aliphatic carbocycles. The van der Waals surface area contributed by atoms with Gasteiger partial charge in [0.25, 0.3) is 0 Å². The molecule has 0 saturated carbocycles. The summed E-state index contributed by atoms with van der Waals surface area (Å²) in [5.74, 6) is 0.354. The highest BCUT2D eigenvalue weighted by molar-refractivity contribution is 7.89. The van der Waals surface area contributed by atoms with E-state index in [1.807, 2.05) is 32.8 Å². The fourth-order valence-corrected chi connectivity index (χ4v) is 5.12. The first-order valence-corrected chi connectivity index (χ1v) is 9.42. The molecule has 0 radical (unpaired) electrons. The zero-order valence-corrected chi connectivity index (χ0v) is 14.9. The molecule has 1 rings (SSSR count). The van der Waals surface area contributed by atoms with Gasteiger partial charge in [0.1, 0.15) is 0 Å². The van der Waals surface area contributed by atoms with Crippen molar-refractivity contribution in [2.45, 2.75) is 31.0 Å². The molecule has 0 aliphatic rings. The number of aryl methyl sites for hydroxylation is 1. The Balaban J connectivity index is 3.05. The predicted octanol–water partition coefficient (Wildman–Crippen LogP) is 2.76. The number of hydrogen-bond acceptors (Lipinski definition) is 4. The van der Waals surface area contributed by atoms with E-state index in [1.54, 1.807) is 10.4 Å². The molecule has 1 aromatic heterocycles. The molecule has 0 saturated heterocycles. The van der Waals surface area contributed by atoms with Crippen LogP contribution in [0.3, 0.4) is 0 Å². The second-order valence-corrected chi connectivity index (χ2v) is 8.49. The van der Waals surface area contributed by atoms with Crippen LogP contribution in [0.2, 0.25) is 0 Å². The third-order valence-electron chi connectivity index (χ3n) is 2.94. The van der Waals surface area contributed by atoms with Gasteiger partial charge in [0.05, 0.1) is 10.8 Å². The van der Waals surface area contributed by atoms with Crippen molar-refractivity contribution in [3.8, 4) is 0 Å². The fourth-order valence-electron chi connectivity index (χ4n) is 1.90. The number of likely N-dealkylation sites (N-methyl/N-ethyl adjacent to an activating group) is 1. The van der Waals surface area contributed by atoms with Gasteiger partial charge < -0.3 is 4.90 Å². The molecule has 0 unspecified atom stereocenters. The summed E-state index contributed by atoms with van der Waals surface area (Å²) < 4.78 is 27.1. The number of hydrogen-bond donors (Lipinski definition) is 0. The van der Waals surface area contributed by atoms with Crippen molar-refractivity contribution in [3.63, 3.8) is 0 Å². The van der Waals surface area contributed by atoms with Crippen molar-refractivity contribution >= 4 is 33.0 Å². The fraction of sp³-hybridized carbons (Fsp3) is 0.692. The van der Waals surface area contributed by atoms with Gasteiger partial charge in [0.2, 0.25) is 10.0 Å². The Morgan fingerprint density at radius 2 is 1.90 bits per heavy atom. The molecule has 116 valence electrons.